The zero-order chi connectivity index (χ0) is 23.0. The van der Waals surface area contributed by atoms with E-state index < -0.39 is 28.0 Å². The van der Waals surface area contributed by atoms with Crippen LogP contribution in [-0.2, 0) is 14.8 Å². The number of carboxylic acids is 1. The first-order chi connectivity index (χ1) is 15.2. The molecule has 2 aliphatic rings. The Bertz CT molecular complexity index is 1130. The predicted molar refractivity (Wildman–Crippen MR) is 121 cm³/mol. The van der Waals surface area contributed by atoms with Gasteiger partial charge in [-0.1, -0.05) is 41.9 Å². The number of sulfonamides is 1. The zero-order valence-corrected chi connectivity index (χ0v) is 19.1. The molecule has 4 rings (SSSR count). The molecule has 2 aromatic rings. The van der Waals surface area contributed by atoms with E-state index in [1.54, 1.807) is 53.4 Å². The van der Waals surface area contributed by atoms with Crippen molar-refractivity contribution in [3.05, 3.63) is 70.2 Å². The van der Waals surface area contributed by atoms with Crippen molar-refractivity contribution in [1.82, 2.24) is 9.62 Å². The smallest absolute Gasteiger partial charge is 0.313 e. The van der Waals surface area contributed by atoms with Gasteiger partial charge in [0.05, 0.1) is 12.3 Å². The van der Waals surface area contributed by atoms with Crippen LogP contribution < -0.4 is 4.72 Å². The highest BCUT2D eigenvalue weighted by molar-refractivity contribution is 7.88. The van der Waals surface area contributed by atoms with Crippen LogP contribution in [0.4, 0.5) is 0 Å². The van der Waals surface area contributed by atoms with Crippen LogP contribution in [0.15, 0.2) is 48.5 Å². The van der Waals surface area contributed by atoms with Crippen LogP contribution in [0.25, 0.3) is 0 Å². The van der Waals surface area contributed by atoms with Crippen molar-refractivity contribution in [1.29, 1.82) is 0 Å². The van der Waals surface area contributed by atoms with Crippen molar-refractivity contribution in [3.63, 3.8) is 0 Å². The Morgan fingerprint density at radius 2 is 1.69 bits per heavy atom. The lowest BCUT2D eigenvalue weighted by Crippen LogP contribution is -2.52. The minimum atomic E-state index is -3.32. The molecule has 32 heavy (non-hydrogen) atoms. The molecule has 1 amide bonds. The number of carboxylic acid groups (broad SMARTS) is 1. The lowest BCUT2D eigenvalue weighted by molar-refractivity contribution is -0.141. The van der Waals surface area contributed by atoms with Crippen LogP contribution in [0.2, 0.25) is 5.02 Å². The van der Waals surface area contributed by atoms with Crippen molar-refractivity contribution in [2.75, 3.05) is 6.26 Å². The largest absolute Gasteiger partial charge is 0.481 e. The number of halogens is 1. The van der Waals surface area contributed by atoms with Gasteiger partial charge in [0.1, 0.15) is 5.92 Å². The van der Waals surface area contributed by atoms with Gasteiger partial charge in [0.25, 0.3) is 5.91 Å². The van der Waals surface area contributed by atoms with E-state index in [4.69, 9.17) is 11.6 Å². The molecule has 0 unspecified atom stereocenters. The van der Waals surface area contributed by atoms with Gasteiger partial charge in [0, 0.05) is 22.7 Å². The number of benzene rings is 2. The summed E-state index contributed by atoms with van der Waals surface area (Å²) >= 11 is 6.06. The standard InChI is InChI=1S/C23H25ClN2O5S/c1-32(30,31)25-16-10-12-17(13-11-16)26-21(14-6-8-15(24)9-7-14)20(23(28)29)18-4-2-3-5-19(18)22(26)27/h2-9,16-17,20-21,25H,10-13H2,1H3,(H,28,29)/t16-,17-,20-,21+/m1/s1. The third-order valence-corrected chi connectivity index (χ3v) is 7.34. The van der Waals surface area contributed by atoms with Gasteiger partial charge in [0.2, 0.25) is 10.0 Å². The van der Waals surface area contributed by atoms with Crippen LogP contribution in [0.5, 0.6) is 0 Å². The molecule has 170 valence electrons. The molecule has 0 bridgehead atoms. The third-order valence-electron chi connectivity index (χ3n) is 6.32. The highest BCUT2D eigenvalue weighted by Crippen LogP contribution is 2.45. The number of hydrogen-bond donors (Lipinski definition) is 2. The zero-order valence-electron chi connectivity index (χ0n) is 17.6. The van der Waals surface area contributed by atoms with E-state index in [2.05, 4.69) is 4.72 Å². The molecule has 7 nitrogen and oxygen atoms in total. The van der Waals surface area contributed by atoms with Gasteiger partial charge >= 0.3 is 5.97 Å². The molecule has 1 saturated carbocycles. The summed E-state index contributed by atoms with van der Waals surface area (Å²) in [7, 11) is -3.32. The molecule has 1 aliphatic carbocycles. The predicted octanol–water partition coefficient (Wildman–Crippen LogP) is 3.57. The number of hydrogen-bond acceptors (Lipinski definition) is 4. The summed E-state index contributed by atoms with van der Waals surface area (Å²) in [4.78, 5) is 27.8. The molecule has 2 aromatic carbocycles. The monoisotopic (exact) mass is 476 g/mol. The second-order valence-electron chi connectivity index (χ2n) is 8.51. The molecule has 9 heteroatoms. The Morgan fingerprint density at radius 3 is 2.28 bits per heavy atom. The first-order valence-corrected chi connectivity index (χ1v) is 12.8. The van der Waals surface area contributed by atoms with Gasteiger partial charge in [-0.3, -0.25) is 9.59 Å². The van der Waals surface area contributed by atoms with E-state index in [1.807, 2.05) is 0 Å². The number of carbonyl (C=O) groups excluding carboxylic acids is 1. The van der Waals surface area contributed by atoms with Gasteiger partial charge in [-0.2, -0.15) is 0 Å². The first kappa shape index (κ1) is 22.8. The van der Waals surface area contributed by atoms with Crippen molar-refractivity contribution in [2.45, 2.75) is 49.7 Å². The lowest BCUT2D eigenvalue weighted by Gasteiger charge is -2.46. The molecule has 0 radical (unpaired) electrons. The van der Waals surface area contributed by atoms with E-state index in [0.29, 0.717) is 47.4 Å². The van der Waals surface area contributed by atoms with E-state index in [0.717, 1.165) is 6.26 Å². The van der Waals surface area contributed by atoms with E-state index >= 15 is 0 Å². The molecule has 0 aromatic heterocycles. The van der Waals surface area contributed by atoms with Crippen molar-refractivity contribution in [2.24, 2.45) is 0 Å². The molecular formula is C23H25ClN2O5S. The Morgan fingerprint density at radius 1 is 1.06 bits per heavy atom. The normalized spacial score (nSPS) is 25.9. The number of nitrogens with zero attached hydrogens (tertiary/aromatic N) is 1. The number of rotatable bonds is 5. The minimum absolute atomic E-state index is 0.183. The average Bonchev–Trinajstić information content (AvgIpc) is 2.74. The topological polar surface area (TPSA) is 104 Å². The van der Waals surface area contributed by atoms with Crippen LogP contribution in [0.3, 0.4) is 0 Å². The van der Waals surface area contributed by atoms with Gasteiger partial charge in [-0.15, -0.1) is 0 Å². The molecular weight excluding hydrogens is 452 g/mol. The van der Waals surface area contributed by atoms with Crippen molar-refractivity contribution >= 4 is 33.5 Å². The molecule has 1 heterocycles. The summed E-state index contributed by atoms with van der Waals surface area (Å²) in [5, 5.41) is 10.7. The molecule has 0 spiro atoms. The Kier molecular flexibility index (Phi) is 6.29. The molecule has 1 aliphatic heterocycles. The van der Waals surface area contributed by atoms with Crippen LogP contribution in [0.1, 0.15) is 59.1 Å². The highest BCUT2D eigenvalue weighted by atomic mass is 35.5. The molecule has 2 N–H and O–H groups in total. The van der Waals surface area contributed by atoms with Crippen molar-refractivity contribution < 1.29 is 23.1 Å². The summed E-state index contributed by atoms with van der Waals surface area (Å²) in [6, 6.07) is 12.8. The molecule has 1 fully saturated rings. The second kappa shape index (κ2) is 8.84. The summed E-state index contributed by atoms with van der Waals surface area (Å²) in [6.45, 7) is 0. The lowest BCUT2D eigenvalue weighted by atomic mass is 9.77. The molecule has 2 atom stereocenters. The summed E-state index contributed by atoms with van der Waals surface area (Å²) in [6.07, 6.45) is 3.45. The van der Waals surface area contributed by atoms with Gasteiger partial charge in [-0.25, -0.2) is 13.1 Å². The van der Waals surface area contributed by atoms with E-state index in [1.165, 1.54) is 0 Å². The Labute approximate surface area is 192 Å². The maximum atomic E-state index is 13.6. The first-order valence-electron chi connectivity index (χ1n) is 10.5. The van der Waals surface area contributed by atoms with Crippen LogP contribution in [0, 0.1) is 0 Å². The summed E-state index contributed by atoms with van der Waals surface area (Å²) < 4.78 is 25.9. The van der Waals surface area contributed by atoms with E-state index in [-0.39, 0.29) is 18.0 Å². The Hall–Kier alpha value is -2.42. The summed E-state index contributed by atoms with van der Waals surface area (Å²) in [5.74, 6) is -2.11. The fraction of sp³-hybridized carbons (Fsp3) is 0.391. The van der Waals surface area contributed by atoms with Gasteiger partial charge in [-0.05, 0) is 55.0 Å². The Balaban J connectivity index is 1.74. The highest BCUT2D eigenvalue weighted by Gasteiger charge is 2.47. The number of nitrogens with one attached hydrogen (secondary N) is 1. The minimum Gasteiger partial charge on any atom is -0.481 e. The quantitative estimate of drug-likeness (QED) is 0.686. The number of fused-ring (bicyclic) bond motifs is 1. The summed E-state index contributed by atoms with van der Waals surface area (Å²) in [5.41, 5.74) is 1.62. The molecule has 0 saturated heterocycles. The SMILES string of the molecule is CS(=O)(=O)N[C@H]1CC[C@H](N2C(=O)c3ccccc3[C@@H](C(=O)O)[C@@H]2c2ccc(Cl)cc2)CC1. The third kappa shape index (κ3) is 4.53. The fourth-order valence-electron chi connectivity index (χ4n) is 5.01. The number of aliphatic carboxylic acids is 1. The number of amides is 1. The maximum Gasteiger partial charge on any atom is 0.313 e. The average molecular weight is 477 g/mol. The maximum absolute atomic E-state index is 13.6. The van der Waals surface area contributed by atoms with Crippen LogP contribution >= 0.6 is 11.6 Å². The van der Waals surface area contributed by atoms with Crippen LogP contribution in [-0.4, -0.2) is 48.6 Å². The van der Waals surface area contributed by atoms with Crippen molar-refractivity contribution in [3.8, 4) is 0 Å². The van der Waals surface area contributed by atoms with E-state index in [9.17, 15) is 23.1 Å². The second-order valence-corrected chi connectivity index (χ2v) is 10.7. The fourth-order valence-corrected chi connectivity index (χ4v) is 5.97. The van der Waals surface area contributed by atoms with Gasteiger partial charge < -0.3 is 10.0 Å². The van der Waals surface area contributed by atoms with Gasteiger partial charge in [0.15, 0.2) is 0 Å². The number of carbonyl (C=O) groups is 2.